The van der Waals surface area contributed by atoms with E-state index in [1.807, 2.05) is 24.3 Å². The van der Waals surface area contributed by atoms with E-state index in [4.69, 9.17) is 4.42 Å². The Bertz CT molecular complexity index is 832. The second-order valence-corrected chi connectivity index (χ2v) is 5.45. The molecular weight excluding hydrogens is 306 g/mol. The highest BCUT2D eigenvalue weighted by molar-refractivity contribution is 6.07. The normalized spacial score (nSPS) is 20.2. The molecule has 3 rings (SSSR count). The van der Waals surface area contributed by atoms with Gasteiger partial charge in [0.2, 0.25) is 5.91 Å². The van der Waals surface area contributed by atoms with Crippen LogP contribution in [-0.4, -0.2) is 11.8 Å². The predicted molar refractivity (Wildman–Crippen MR) is 86.5 cm³/mol. The first kappa shape index (κ1) is 15.6. The highest BCUT2D eigenvalue weighted by atomic mass is 16.3. The van der Waals surface area contributed by atoms with Crippen LogP contribution in [-0.2, 0) is 9.59 Å². The number of hydrogen-bond donors (Lipinski definition) is 2. The van der Waals surface area contributed by atoms with Crippen molar-refractivity contribution >= 4 is 17.5 Å². The lowest BCUT2D eigenvalue weighted by atomic mass is 9.80. The van der Waals surface area contributed by atoms with E-state index in [1.165, 1.54) is 6.26 Å². The zero-order valence-corrected chi connectivity index (χ0v) is 12.9. The molecule has 1 aromatic heterocycles. The summed E-state index contributed by atoms with van der Waals surface area (Å²) in [6.07, 6.45) is 1.46. The van der Waals surface area contributed by atoms with E-state index in [-0.39, 0.29) is 5.91 Å². The summed E-state index contributed by atoms with van der Waals surface area (Å²) in [5.74, 6) is -2.18. The highest BCUT2D eigenvalue weighted by Crippen LogP contribution is 2.37. The van der Waals surface area contributed by atoms with Gasteiger partial charge in [0, 0.05) is 17.0 Å². The zero-order chi connectivity index (χ0) is 17.1. The van der Waals surface area contributed by atoms with Gasteiger partial charge in [-0.2, -0.15) is 5.26 Å². The van der Waals surface area contributed by atoms with Gasteiger partial charge in [-0.05, 0) is 31.2 Å². The molecule has 6 heteroatoms. The fraction of sp³-hybridized carbons (Fsp3) is 0.167. The molecule has 0 spiro atoms. The van der Waals surface area contributed by atoms with Crippen LogP contribution in [0.4, 0.5) is 5.69 Å². The number of amides is 2. The smallest absolute Gasteiger partial charge is 0.254 e. The molecular formula is C18H15N3O3. The van der Waals surface area contributed by atoms with E-state index in [2.05, 4.69) is 10.6 Å². The third-order valence-electron chi connectivity index (χ3n) is 3.91. The molecule has 2 N–H and O–H groups in total. The van der Waals surface area contributed by atoms with Gasteiger partial charge in [0.1, 0.15) is 11.7 Å². The number of nitrogens with zero attached hydrogens (tertiary/aromatic N) is 1. The number of nitriles is 1. The molecule has 0 aliphatic carbocycles. The van der Waals surface area contributed by atoms with Gasteiger partial charge in [0.25, 0.3) is 5.91 Å². The van der Waals surface area contributed by atoms with Crippen molar-refractivity contribution in [1.82, 2.24) is 5.32 Å². The first-order chi connectivity index (χ1) is 11.6. The van der Waals surface area contributed by atoms with Crippen molar-refractivity contribution in [3.63, 3.8) is 0 Å². The average Bonchev–Trinajstić information content (AvgIpc) is 3.09. The Labute approximate surface area is 138 Å². The molecule has 120 valence electrons. The number of allylic oxidation sites excluding steroid dienone is 1. The van der Waals surface area contributed by atoms with E-state index in [0.717, 1.165) is 0 Å². The minimum absolute atomic E-state index is 0.319. The third kappa shape index (κ3) is 2.79. The number of carbonyl (C=O) groups excluding carboxylic acids is 2. The molecule has 0 bridgehead atoms. The Balaban J connectivity index is 2.01. The van der Waals surface area contributed by atoms with Crippen molar-refractivity contribution in [3.8, 4) is 6.07 Å². The number of nitrogens with one attached hydrogen (secondary N) is 2. The van der Waals surface area contributed by atoms with E-state index in [9.17, 15) is 14.9 Å². The van der Waals surface area contributed by atoms with Crippen LogP contribution in [0.3, 0.4) is 0 Å². The molecule has 2 atom stereocenters. The maximum atomic E-state index is 12.8. The summed E-state index contributed by atoms with van der Waals surface area (Å²) in [5, 5.41) is 14.8. The molecule has 2 unspecified atom stereocenters. The molecule has 1 aliphatic rings. The molecule has 0 saturated heterocycles. The Morgan fingerprint density at radius 2 is 2.00 bits per heavy atom. The zero-order valence-electron chi connectivity index (χ0n) is 12.9. The molecule has 1 aromatic carbocycles. The van der Waals surface area contributed by atoms with Crippen LogP contribution in [0.15, 0.2) is 64.4 Å². The summed E-state index contributed by atoms with van der Waals surface area (Å²) in [5.41, 5.74) is 1.37. The van der Waals surface area contributed by atoms with Crippen molar-refractivity contribution in [3.05, 3.63) is 65.8 Å². The Morgan fingerprint density at radius 1 is 1.25 bits per heavy atom. The van der Waals surface area contributed by atoms with Gasteiger partial charge in [-0.25, -0.2) is 0 Å². The molecule has 0 saturated carbocycles. The summed E-state index contributed by atoms with van der Waals surface area (Å²) >= 11 is 0. The number of carbonyl (C=O) groups is 2. The summed E-state index contributed by atoms with van der Waals surface area (Å²) < 4.78 is 5.39. The molecule has 2 heterocycles. The quantitative estimate of drug-likeness (QED) is 0.908. The van der Waals surface area contributed by atoms with Gasteiger partial charge >= 0.3 is 0 Å². The summed E-state index contributed by atoms with van der Waals surface area (Å²) in [6, 6.07) is 14.3. The number of furan rings is 1. The number of anilines is 1. The number of para-hydroxylation sites is 1. The van der Waals surface area contributed by atoms with Crippen LogP contribution in [0.2, 0.25) is 0 Å². The van der Waals surface area contributed by atoms with Crippen LogP contribution in [0.1, 0.15) is 18.6 Å². The summed E-state index contributed by atoms with van der Waals surface area (Å²) in [4.78, 5) is 24.9. The lowest BCUT2D eigenvalue weighted by Crippen LogP contribution is -2.41. The van der Waals surface area contributed by atoms with E-state index >= 15 is 0 Å². The van der Waals surface area contributed by atoms with Gasteiger partial charge in [-0.15, -0.1) is 0 Å². The minimum atomic E-state index is -1.03. The topological polar surface area (TPSA) is 95.1 Å². The molecule has 0 radical (unpaired) electrons. The molecule has 1 aliphatic heterocycles. The van der Waals surface area contributed by atoms with E-state index in [0.29, 0.717) is 22.7 Å². The van der Waals surface area contributed by atoms with Crippen LogP contribution in [0, 0.1) is 17.2 Å². The van der Waals surface area contributed by atoms with E-state index < -0.39 is 17.7 Å². The second kappa shape index (κ2) is 6.42. The van der Waals surface area contributed by atoms with Crippen molar-refractivity contribution in [2.75, 3.05) is 5.32 Å². The molecule has 2 amide bonds. The maximum Gasteiger partial charge on any atom is 0.254 e. The van der Waals surface area contributed by atoms with Gasteiger partial charge in [-0.3, -0.25) is 9.59 Å². The monoisotopic (exact) mass is 321 g/mol. The number of hydrogen-bond acceptors (Lipinski definition) is 4. The van der Waals surface area contributed by atoms with Crippen LogP contribution in [0.25, 0.3) is 0 Å². The number of rotatable bonds is 3. The van der Waals surface area contributed by atoms with Crippen molar-refractivity contribution < 1.29 is 14.0 Å². The summed E-state index contributed by atoms with van der Waals surface area (Å²) in [6.45, 7) is 1.64. The minimum Gasteiger partial charge on any atom is -0.469 e. The van der Waals surface area contributed by atoms with Gasteiger partial charge in [0.15, 0.2) is 0 Å². The molecule has 0 fully saturated rings. The summed E-state index contributed by atoms with van der Waals surface area (Å²) in [7, 11) is 0. The first-order valence-electron chi connectivity index (χ1n) is 7.43. The molecule has 2 aromatic rings. The second-order valence-electron chi connectivity index (χ2n) is 5.45. The van der Waals surface area contributed by atoms with E-state index in [1.54, 1.807) is 31.2 Å². The van der Waals surface area contributed by atoms with Crippen LogP contribution in [0.5, 0.6) is 0 Å². The standard InChI is InChI=1S/C18H15N3O3/c1-11-15(18(23)21-12-6-3-2-4-7-12)16(14-8-5-9-24-14)13(10-19)17(22)20-11/h2-9,13,16H,1H3,(H,20,22)(H,21,23). The fourth-order valence-electron chi connectivity index (χ4n) is 2.82. The Kier molecular flexibility index (Phi) is 4.17. The average molecular weight is 321 g/mol. The van der Waals surface area contributed by atoms with Gasteiger partial charge in [0.05, 0.1) is 18.3 Å². The third-order valence-corrected chi connectivity index (χ3v) is 3.91. The lowest BCUT2D eigenvalue weighted by molar-refractivity contribution is -0.124. The highest BCUT2D eigenvalue weighted by Gasteiger charge is 2.42. The predicted octanol–water partition coefficient (Wildman–Crippen LogP) is 2.55. The Morgan fingerprint density at radius 3 is 2.62 bits per heavy atom. The maximum absolute atomic E-state index is 12.8. The van der Waals surface area contributed by atoms with Crippen LogP contribution < -0.4 is 10.6 Å². The molecule has 24 heavy (non-hydrogen) atoms. The van der Waals surface area contributed by atoms with Crippen LogP contribution >= 0.6 is 0 Å². The van der Waals surface area contributed by atoms with Gasteiger partial charge < -0.3 is 15.1 Å². The largest absolute Gasteiger partial charge is 0.469 e. The first-order valence-corrected chi connectivity index (χ1v) is 7.43. The Hall–Kier alpha value is -3.33. The SMILES string of the molecule is CC1=C(C(=O)Nc2ccccc2)C(c2ccco2)C(C#N)C(=O)N1. The molecule has 6 nitrogen and oxygen atoms in total. The van der Waals surface area contributed by atoms with Crippen molar-refractivity contribution in [2.45, 2.75) is 12.8 Å². The lowest BCUT2D eigenvalue weighted by Gasteiger charge is -2.29. The van der Waals surface area contributed by atoms with Gasteiger partial charge in [-0.1, -0.05) is 18.2 Å². The number of benzene rings is 1. The van der Waals surface area contributed by atoms with Crippen molar-refractivity contribution in [2.24, 2.45) is 5.92 Å². The fourth-order valence-corrected chi connectivity index (χ4v) is 2.82. The van der Waals surface area contributed by atoms with Crippen molar-refractivity contribution in [1.29, 1.82) is 5.26 Å².